The van der Waals surface area contributed by atoms with Crippen LogP contribution in [0.15, 0.2) is 71.2 Å². The van der Waals surface area contributed by atoms with E-state index in [1.165, 1.54) is 0 Å². The first-order chi connectivity index (χ1) is 13.8. The fourth-order valence-corrected chi connectivity index (χ4v) is 5.13. The maximum Gasteiger partial charge on any atom is 0.318 e. The van der Waals surface area contributed by atoms with Crippen molar-refractivity contribution >= 4 is 33.5 Å². The SMILES string of the molecule is O=C(Oc1ccc(Cl)cc1)C1CC2(O)c3ccccc3C1(O)c1ccc(Br)cc12. The Morgan fingerprint density at radius 3 is 2.34 bits per heavy atom. The molecule has 0 heterocycles. The number of aliphatic hydroxyl groups is 2. The van der Waals surface area contributed by atoms with E-state index in [0.29, 0.717) is 33.0 Å². The summed E-state index contributed by atoms with van der Waals surface area (Å²) >= 11 is 9.34. The summed E-state index contributed by atoms with van der Waals surface area (Å²) in [4.78, 5) is 13.1. The van der Waals surface area contributed by atoms with Crippen molar-refractivity contribution in [1.82, 2.24) is 0 Å². The Kier molecular flexibility index (Phi) is 4.16. The van der Waals surface area contributed by atoms with Crippen LogP contribution in [0.2, 0.25) is 5.02 Å². The summed E-state index contributed by atoms with van der Waals surface area (Å²) in [7, 11) is 0. The second kappa shape index (κ2) is 6.41. The van der Waals surface area contributed by atoms with Gasteiger partial charge < -0.3 is 14.9 Å². The second-order valence-electron chi connectivity index (χ2n) is 7.49. The minimum absolute atomic E-state index is 0.0242. The van der Waals surface area contributed by atoms with E-state index in [1.807, 2.05) is 6.07 Å². The molecule has 0 amide bonds. The van der Waals surface area contributed by atoms with Gasteiger partial charge in [0.05, 0.1) is 5.92 Å². The molecule has 3 unspecified atom stereocenters. The first-order valence-corrected chi connectivity index (χ1v) is 10.3. The van der Waals surface area contributed by atoms with Crippen molar-refractivity contribution in [3.63, 3.8) is 0 Å². The second-order valence-corrected chi connectivity index (χ2v) is 8.85. The highest BCUT2D eigenvalue weighted by Crippen LogP contribution is 2.60. The molecule has 0 aliphatic heterocycles. The van der Waals surface area contributed by atoms with Crippen LogP contribution in [0.5, 0.6) is 5.75 Å². The lowest BCUT2D eigenvalue weighted by atomic mass is 9.54. The summed E-state index contributed by atoms with van der Waals surface area (Å²) in [5, 5.41) is 24.2. The number of hydrogen-bond acceptors (Lipinski definition) is 4. The fourth-order valence-electron chi connectivity index (χ4n) is 4.64. The number of carbonyl (C=O) groups is 1. The number of fused-ring (bicyclic) bond motifs is 1. The maximum atomic E-state index is 13.1. The molecular weight excluding hydrogens is 456 g/mol. The van der Waals surface area contributed by atoms with Crippen molar-refractivity contribution < 1.29 is 19.7 Å². The van der Waals surface area contributed by atoms with Crippen molar-refractivity contribution in [3.05, 3.63) is 98.5 Å². The summed E-state index contributed by atoms with van der Waals surface area (Å²) in [5.74, 6) is -1.23. The summed E-state index contributed by atoms with van der Waals surface area (Å²) < 4.78 is 6.34. The first-order valence-electron chi connectivity index (χ1n) is 9.16. The highest BCUT2D eigenvalue weighted by molar-refractivity contribution is 9.10. The molecule has 0 saturated carbocycles. The third-order valence-corrected chi connectivity index (χ3v) is 6.69. The van der Waals surface area contributed by atoms with Crippen LogP contribution in [0, 0.1) is 5.92 Å². The highest BCUT2D eigenvalue weighted by atomic mass is 79.9. The molecule has 0 aromatic heterocycles. The Morgan fingerprint density at radius 2 is 1.62 bits per heavy atom. The van der Waals surface area contributed by atoms with Gasteiger partial charge in [0.2, 0.25) is 0 Å². The van der Waals surface area contributed by atoms with Gasteiger partial charge in [-0.25, -0.2) is 0 Å². The Bertz CT molecular complexity index is 1150. The van der Waals surface area contributed by atoms with Crippen molar-refractivity contribution in [3.8, 4) is 5.75 Å². The zero-order valence-electron chi connectivity index (χ0n) is 15.1. The van der Waals surface area contributed by atoms with Crippen LogP contribution in [-0.2, 0) is 16.0 Å². The predicted molar refractivity (Wildman–Crippen MR) is 112 cm³/mol. The molecule has 3 aromatic carbocycles. The molecule has 0 spiro atoms. The molecule has 4 nitrogen and oxygen atoms in total. The van der Waals surface area contributed by atoms with Crippen LogP contribution < -0.4 is 4.74 Å². The number of hydrogen-bond donors (Lipinski definition) is 2. The van der Waals surface area contributed by atoms with E-state index in [2.05, 4.69) is 15.9 Å². The van der Waals surface area contributed by atoms with Gasteiger partial charge in [-0.3, -0.25) is 4.79 Å². The van der Waals surface area contributed by atoms with Crippen molar-refractivity contribution in [2.75, 3.05) is 0 Å². The molecule has 0 radical (unpaired) electrons. The molecule has 3 atom stereocenters. The molecule has 6 rings (SSSR count). The lowest BCUT2D eigenvalue weighted by molar-refractivity contribution is -0.157. The Labute approximate surface area is 180 Å². The summed E-state index contributed by atoms with van der Waals surface area (Å²) in [5.41, 5.74) is -0.732. The predicted octanol–water partition coefficient (Wildman–Crippen LogP) is 4.51. The van der Waals surface area contributed by atoms with Crippen LogP contribution in [0.1, 0.15) is 28.7 Å². The molecule has 146 valence electrons. The van der Waals surface area contributed by atoms with Crippen LogP contribution in [0.25, 0.3) is 0 Å². The monoisotopic (exact) mass is 470 g/mol. The molecule has 0 saturated heterocycles. The number of ether oxygens (including phenoxy) is 1. The van der Waals surface area contributed by atoms with E-state index in [0.717, 1.165) is 4.47 Å². The van der Waals surface area contributed by atoms with Crippen LogP contribution >= 0.6 is 27.5 Å². The molecule has 6 heteroatoms. The van der Waals surface area contributed by atoms with Crippen LogP contribution in [0.3, 0.4) is 0 Å². The van der Waals surface area contributed by atoms with Gasteiger partial charge in [-0.1, -0.05) is 57.9 Å². The quantitative estimate of drug-likeness (QED) is 0.426. The average molecular weight is 472 g/mol. The zero-order valence-corrected chi connectivity index (χ0v) is 17.4. The van der Waals surface area contributed by atoms with Gasteiger partial charge in [0.1, 0.15) is 17.0 Å². The minimum atomic E-state index is -1.60. The van der Waals surface area contributed by atoms with Gasteiger partial charge in [-0.05, 0) is 58.7 Å². The van der Waals surface area contributed by atoms with E-state index < -0.39 is 23.1 Å². The molecule has 0 fully saturated rings. The molecular formula is C23H16BrClO4. The normalized spacial score (nSPS) is 26.6. The van der Waals surface area contributed by atoms with Crippen molar-refractivity contribution in [1.29, 1.82) is 0 Å². The van der Waals surface area contributed by atoms with Gasteiger partial charge in [-0.15, -0.1) is 0 Å². The number of halogens is 2. The third-order valence-electron chi connectivity index (χ3n) is 5.94. The fraction of sp³-hybridized carbons (Fsp3) is 0.174. The van der Waals surface area contributed by atoms with E-state index in [1.54, 1.807) is 60.7 Å². The molecule has 2 bridgehead atoms. The topological polar surface area (TPSA) is 66.8 Å². The van der Waals surface area contributed by atoms with Crippen molar-refractivity contribution in [2.45, 2.75) is 17.6 Å². The van der Waals surface area contributed by atoms with E-state index in [9.17, 15) is 15.0 Å². The highest BCUT2D eigenvalue weighted by Gasteiger charge is 2.62. The molecule has 3 aliphatic rings. The van der Waals surface area contributed by atoms with Crippen molar-refractivity contribution in [2.24, 2.45) is 5.92 Å². The lowest BCUT2D eigenvalue weighted by Gasteiger charge is -2.53. The van der Waals surface area contributed by atoms with Crippen LogP contribution in [-0.4, -0.2) is 16.2 Å². The van der Waals surface area contributed by atoms with E-state index in [4.69, 9.17) is 16.3 Å². The number of rotatable bonds is 2. The third kappa shape index (κ3) is 2.62. The van der Waals surface area contributed by atoms with Gasteiger partial charge in [0.25, 0.3) is 0 Å². The molecule has 29 heavy (non-hydrogen) atoms. The van der Waals surface area contributed by atoms with Gasteiger partial charge in [0.15, 0.2) is 0 Å². The van der Waals surface area contributed by atoms with Gasteiger partial charge >= 0.3 is 5.97 Å². The molecule has 2 N–H and O–H groups in total. The largest absolute Gasteiger partial charge is 0.426 e. The van der Waals surface area contributed by atoms with Gasteiger partial charge in [0, 0.05) is 15.9 Å². The van der Waals surface area contributed by atoms with E-state index >= 15 is 0 Å². The standard InChI is InChI=1S/C23H16BrClO4/c24-13-5-10-18-19(11-13)22(27)12-20(21(26)29-15-8-6-14(25)7-9-15)23(18,28)17-4-2-1-3-16(17)22/h1-11,20,27-28H,12H2. The number of benzene rings is 3. The zero-order chi connectivity index (χ0) is 20.4. The Hall–Kier alpha value is -2.18. The van der Waals surface area contributed by atoms with Crippen LogP contribution in [0.4, 0.5) is 0 Å². The average Bonchev–Trinajstić information content (AvgIpc) is 2.71. The lowest BCUT2D eigenvalue weighted by Crippen LogP contribution is -2.57. The summed E-state index contributed by atoms with van der Waals surface area (Å²) in [6.07, 6.45) is 0.0242. The minimum Gasteiger partial charge on any atom is -0.426 e. The first kappa shape index (κ1) is 18.8. The Balaban J connectivity index is 1.65. The number of esters is 1. The Morgan fingerprint density at radius 1 is 0.966 bits per heavy atom. The van der Waals surface area contributed by atoms with Gasteiger partial charge in [-0.2, -0.15) is 0 Å². The summed E-state index contributed by atoms with van der Waals surface area (Å²) in [6, 6.07) is 19.0. The smallest absolute Gasteiger partial charge is 0.318 e. The molecule has 3 aromatic rings. The maximum absolute atomic E-state index is 13.1. The number of carbonyl (C=O) groups excluding carboxylic acids is 1. The summed E-state index contributed by atoms with van der Waals surface area (Å²) in [6.45, 7) is 0. The van der Waals surface area contributed by atoms with E-state index in [-0.39, 0.29) is 6.42 Å². The molecule has 3 aliphatic carbocycles.